The highest BCUT2D eigenvalue weighted by Gasteiger charge is 2.18. The number of amides is 1. The molecule has 0 fully saturated rings. The normalized spacial score (nSPS) is 10.8. The maximum atomic E-state index is 13.3. The average molecular weight is 534 g/mol. The van der Waals surface area contributed by atoms with Crippen molar-refractivity contribution in [3.8, 4) is 28.5 Å². The fourth-order valence-electron chi connectivity index (χ4n) is 4.33. The van der Waals surface area contributed by atoms with Crippen LogP contribution in [0.1, 0.15) is 34.1 Å². The first-order chi connectivity index (χ1) is 18.7. The lowest BCUT2D eigenvalue weighted by atomic mass is 10.0. The molecule has 0 aliphatic heterocycles. The van der Waals surface area contributed by atoms with E-state index in [2.05, 4.69) is 31.0 Å². The molecule has 12 heteroatoms. The van der Waals surface area contributed by atoms with Crippen molar-refractivity contribution in [3.05, 3.63) is 69.4 Å². The highest BCUT2D eigenvalue weighted by molar-refractivity contribution is 5.91. The monoisotopic (exact) mass is 533 g/mol. The molecule has 0 aliphatic carbocycles. The average Bonchev–Trinajstić information content (AvgIpc) is 3.43. The molecule has 0 bridgehead atoms. The second-order valence-corrected chi connectivity index (χ2v) is 8.92. The Kier molecular flexibility index (Phi) is 8.13. The van der Waals surface area contributed by atoms with E-state index in [-0.39, 0.29) is 30.2 Å². The van der Waals surface area contributed by atoms with Crippen molar-refractivity contribution < 1.29 is 19.4 Å². The summed E-state index contributed by atoms with van der Waals surface area (Å²) in [5.41, 5.74) is 4.06. The predicted molar refractivity (Wildman–Crippen MR) is 146 cm³/mol. The summed E-state index contributed by atoms with van der Waals surface area (Å²) in [5.74, 6) is 0.667. The molecule has 2 heterocycles. The highest BCUT2D eigenvalue weighted by atomic mass is 16.5. The zero-order valence-electron chi connectivity index (χ0n) is 22.5. The maximum Gasteiger partial charge on any atom is 0.349 e. The van der Waals surface area contributed by atoms with Gasteiger partial charge in [0.15, 0.2) is 17.2 Å². The van der Waals surface area contributed by atoms with Crippen LogP contribution in [0.3, 0.4) is 0 Å². The van der Waals surface area contributed by atoms with E-state index in [1.807, 2.05) is 39.8 Å². The van der Waals surface area contributed by atoms with E-state index < -0.39 is 11.6 Å². The second kappa shape index (κ2) is 11.7. The Balaban J connectivity index is 1.75. The van der Waals surface area contributed by atoms with E-state index in [4.69, 9.17) is 9.47 Å². The molecule has 0 aliphatic rings. The first kappa shape index (κ1) is 27.2. The van der Waals surface area contributed by atoms with E-state index in [1.165, 1.54) is 23.9 Å². The number of nitrogens with zero attached hydrogens (tertiary/aromatic N) is 4. The molecule has 4 rings (SSSR count). The molecule has 2 aromatic carbocycles. The zero-order chi connectivity index (χ0) is 28.1. The molecule has 204 valence electrons. The summed E-state index contributed by atoms with van der Waals surface area (Å²) in [6.07, 6.45) is 1.31. The van der Waals surface area contributed by atoms with Gasteiger partial charge in [-0.05, 0) is 44.9 Å². The van der Waals surface area contributed by atoms with Crippen LogP contribution in [0.15, 0.2) is 41.3 Å². The minimum atomic E-state index is -0.569. The molecule has 0 radical (unpaired) electrons. The van der Waals surface area contributed by atoms with Crippen molar-refractivity contribution >= 4 is 17.4 Å². The Morgan fingerprint density at radius 1 is 1.10 bits per heavy atom. The number of methoxy groups -OCH3 is 1. The van der Waals surface area contributed by atoms with E-state index >= 15 is 0 Å². The third-order valence-corrected chi connectivity index (χ3v) is 6.07. The van der Waals surface area contributed by atoms with Gasteiger partial charge >= 0.3 is 5.69 Å². The van der Waals surface area contributed by atoms with Gasteiger partial charge in [0.2, 0.25) is 0 Å². The van der Waals surface area contributed by atoms with Gasteiger partial charge in [-0.1, -0.05) is 17.7 Å². The lowest BCUT2D eigenvalue weighted by molar-refractivity contribution is 0.0947. The SMILES string of the molecule is CCOc1cc(O)c(-c2cc(Nc3c(C)cc(C)cc3C)n(CCNC(=O)c3cn[nH]n3)c(=O)n2)cc1OC. The molecule has 4 N–H and O–H groups in total. The molecular weight excluding hydrogens is 502 g/mol. The van der Waals surface area contributed by atoms with Gasteiger partial charge in [-0.3, -0.25) is 9.36 Å². The molecule has 39 heavy (non-hydrogen) atoms. The summed E-state index contributed by atoms with van der Waals surface area (Å²) in [6, 6.07) is 8.78. The Morgan fingerprint density at radius 3 is 2.49 bits per heavy atom. The quantitative estimate of drug-likeness (QED) is 0.240. The smallest absolute Gasteiger partial charge is 0.349 e. The Morgan fingerprint density at radius 2 is 1.85 bits per heavy atom. The molecule has 1 amide bonds. The number of carbonyl (C=O) groups is 1. The van der Waals surface area contributed by atoms with Crippen LogP contribution in [-0.4, -0.2) is 56.2 Å². The van der Waals surface area contributed by atoms with Crippen molar-refractivity contribution in [2.75, 3.05) is 25.6 Å². The van der Waals surface area contributed by atoms with Crippen LogP contribution in [0, 0.1) is 20.8 Å². The predicted octanol–water partition coefficient (Wildman–Crippen LogP) is 3.24. The number of aromatic amines is 1. The van der Waals surface area contributed by atoms with Crippen molar-refractivity contribution in [1.29, 1.82) is 0 Å². The van der Waals surface area contributed by atoms with Gasteiger partial charge < -0.3 is 25.2 Å². The number of hydrogen-bond acceptors (Lipinski definition) is 9. The summed E-state index contributed by atoms with van der Waals surface area (Å²) in [4.78, 5) is 29.8. The number of aromatic hydroxyl groups is 1. The molecule has 2 aromatic heterocycles. The van der Waals surface area contributed by atoms with E-state index in [0.717, 1.165) is 22.4 Å². The zero-order valence-corrected chi connectivity index (χ0v) is 22.5. The number of benzene rings is 2. The van der Waals surface area contributed by atoms with E-state index in [9.17, 15) is 14.7 Å². The first-order valence-electron chi connectivity index (χ1n) is 12.4. The molecule has 0 saturated carbocycles. The van der Waals surface area contributed by atoms with Gasteiger partial charge in [-0.15, -0.1) is 0 Å². The number of nitrogens with one attached hydrogen (secondary N) is 3. The van der Waals surface area contributed by atoms with Gasteiger partial charge in [0.25, 0.3) is 5.91 Å². The molecule has 0 spiro atoms. The van der Waals surface area contributed by atoms with Gasteiger partial charge in [-0.25, -0.2) is 4.79 Å². The Hall–Kier alpha value is -4.87. The number of hydrogen-bond donors (Lipinski definition) is 4. The van der Waals surface area contributed by atoms with Crippen LogP contribution >= 0.6 is 0 Å². The molecule has 0 unspecified atom stereocenters. The highest BCUT2D eigenvalue weighted by Crippen LogP contribution is 2.39. The first-order valence-corrected chi connectivity index (χ1v) is 12.4. The standard InChI is InChI=1S/C27H31N7O5/c1-6-39-23-13-21(35)18(11-22(23)38-5)19-12-24(31-25-16(3)9-15(2)10-17(25)4)34(27(37)30-19)8-7-28-26(36)20-14-29-33-32-20/h9-14,31,35H,6-8H2,1-5H3,(H,28,36)(H,29,32,33). The number of rotatable bonds is 10. The number of ether oxygens (including phenoxy) is 2. The number of aromatic nitrogens is 5. The summed E-state index contributed by atoms with van der Waals surface area (Å²) in [6.45, 7) is 8.45. The lowest BCUT2D eigenvalue weighted by Crippen LogP contribution is -2.33. The number of phenols is 1. The topological polar surface area (TPSA) is 156 Å². The van der Waals surface area contributed by atoms with Crippen molar-refractivity contribution in [2.24, 2.45) is 0 Å². The molecular formula is C27H31N7O5. The number of carbonyl (C=O) groups excluding carboxylic acids is 1. The summed E-state index contributed by atoms with van der Waals surface area (Å²) in [7, 11) is 1.49. The number of aryl methyl sites for hydroxylation is 3. The summed E-state index contributed by atoms with van der Waals surface area (Å²) < 4.78 is 12.4. The fourth-order valence-corrected chi connectivity index (χ4v) is 4.33. The van der Waals surface area contributed by atoms with Gasteiger partial charge in [-0.2, -0.15) is 20.4 Å². The van der Waals surface area contributed by atoms with Crippen molar-refractivity contribution in [1.82, 2.24) is 30.3 Å². The number of phenolic OH excluding ortho intramolecular Hbond substituents is 1. The number of anilines is 2. The van der Waals surface area contributed by atoms with Gasteiger partial charge in [0.1, 0.15) is 11.6 Å². The minimum absolute atomic E-state index is 0.113. The van der Waals surface area contributed by atoms with Crippen LogP contribution in [0.5, 0.6) is 17.2 Å². The van der Waals surface area contributed by atoms with E-state index in [0.29, 0.717) is 29.5 Å². The number of H-pyrrole nitrogens is 1. The molecule has 0 saturated heterocycles. The van der Waals surface area contributed by atoms with Gasteiger partial charge in [0, 0.05) is 36.5 Å². The summed E-state index contributed by atoms with van der Waals surface area (Å²) in [5, 5.41) is 26.7. The van der Waals surface area contributed by atoms with Crippen LogP contribution in [-0.2, 0) is 6.54 Å². The molecule has 0 atom stereocenters. The Bertz CT molecular complexity index is 1520. The van der Waals surface area contributed by atoms with E-state index in [1.54, 1.807) is 12.1 Å². The maximum absolute atomic E-state index is 13.3. The van der Waals surface area contributed by atoms with Gasteiger partial charge in [0.05, 0.1) is 25.6 Å². The second-order valence-electron chi connectivity index (χ2n) is 8.92. The van der Waals surface area contributed by atoms with Crippen LogP contribution in [0.4, 0.5) is 11.5 Å². The lowest BCUT2D eigenvalue weighted by Gasteiger charge is -2.19. The largest absolute Gasteiger partial charge is 0.507 e. The summed E-state index contributed by atoms with van der Waals surface area (Å²) >= 11 is 0. The van der Waals surface area contributed by atoms with Crippen LogP contribution < -0.4 is 25.8 Å². The Labute approximate surface area is 225 Å². The third-order valence-electron chi connectivity index (χ3n) is 6.07. The molecule has 4 aromatic rings. The van der Waals surface area contributed by atoms with Crippen molar-refractivity contribution in [2.45, 2.75) is 34.2 Å². The van der Waals surface area contributed by atoms with Crippen LogP contribution in [0.25, 0.3) is 11.3 Å². The third kappa shape index (κ3) is 6.00. The van der Waals surface area contributed by atoms with Crippen LogP contribution in [0.2, 0.25) is 0 Å². The minimum Gasteiger partial charge on any atom is -0.507 e. The fraction of sp³-hybridized carbons (Fsp3) is 0.296. The van der Waals surface area contributed by atoms with Crippen molar-refractivity contribution in [3.63, 3.8) is 0 Å². The molecule has 12 nitrogen and oxygen atoms in total.